The Morgan fingerprint density at radius 2 is 2.00 bits per heavy atom. The van der Waals surface area contributed by atoms with E-state index in [0.29, 0.717) is 0 Å². The van der Waals surface area contributed by atoms with Crippen molar-refractivity contribution in [2.24, 2.45) is 5.84 Å². The van der Waals surface area contributed by atoms with Crippen LogP contribution in [0.5, 0.6) is 0 Å². The second-order valence-electron chi connectivity index (χ2n) is 5.09. The molecule has 0 bridgehead atoms. The zero-order valence-electron chi connectivity index (χ0n) is 11.4. The fourth-order valence-electron chi connectivity index (χ4n) is 2.86. The molecular weight excluding hydrogens is 212 g/mol. The molecule has 1 aliphatic rings. The molecule has 1 aliphatic carbocycles. The average molecular weight is 240 g/mol. The molecular formula is C14H28N2O. The highest BCUT2D eigenvalue weighted by Gasteiger charge is 2.40. The highest BCUT2D eigenvalue weighted by atomic mass is 16.5. The maximum atomic E-state index is 6.09. The van der Waals surface area contributed by atoms with Crippen LogP contribution in [0.15, 0.2) is 12.2 Å². The van der Waals surface area contributed by atoms with Crippen molar-refractivity contribution in [3.8, 4) is 0 Å². The smallest absolute Gasteiger partial charge is 0.0851 e. The largest absolute Gasteiger partial charge is 0.374 e. The van der Waals surface area contributed by atoms with E-state index in [1.807, 2.05) is 0 Å². The summed E-state index contributed by atoms with van der Waals surface area (Å²) in [5.41, 5.74) is 4.16. The Morgan fingerprint density at radius 1 is 1.35 bits per heavy atom. The van der Waals surface area contributed by atoms with Gasteiger partial charge in [-0.1, -0.05) is 38.3 Å². The van der Waals surface area contributed by atoms with Crippen molar-refractivity contribution in [2.75, 3.05) is 6.61 Å². The highest BCUT2D eigenvalue weighted by Crippen LogP contribution is 2.36. The maximum Gasteiger partial charge on any atom is 0.0851 e. The van der Waals surface area contributed by atoms with Crippen molar-refractivity contribution >= 4 is 0 Å². The SMILES string of the molecule is C=C(CC)CC(NN)C1(OCC)CCCCC1. The third-order valence-electron chi connectivity index (χ3n) is 3.96. The van der Waals surface area contributed by atoms with Crippen molar-refractivity contribution in [1.29, 1.82) is 0 Å². The zero-order chi connectivity index (χ0) is 12.7. The van der Waals surface area contributed by atoms with Crippen LogP contribution in [0, 0.1) is 0 Å². The first-order chi connectivity index (χ1) is 8.18. The molecule has 1 atom stereocenters. The Kier molecular flexibility index (Phi) is 6.17. The first-order valence-corrected chi connectivity index (χ1v) is 6.95. The maximum absolute atomic E-state index is 6.09. The summed E-state index contributed by atoms with van der Waals surface area (Å²) in [6, 6.07) is 0.204. The molecule has 0 spiro atoms. The Balaban J connectivity index is 2.74. The van der Waals surface area contributed by atoms with E-state index in [0.717, 1.165) is 32.3 Å². The van der Waals surface area contributed by atoms with Crippen LogP contribution in [0.1, 0.15) is 58.8 Å². The van der Waals surface area contributed by atoms with Crippen LogP contribution in [0.4, 0.5) is 0 Å². The molecule has 0 aromatic rings. The summed E-state index contributed by atoms with van der Waals surface area (Å²) in [4.78, 5) is 0. The number of hydrazine groups is 1. The second-order valence-corrected chi connectivity index (χ2v) is 5.09. The second kappa shape index (κ2) is 7.14. The van der Waals surface area contributed by atoms with Gasteiger partial charge in [0.2, 0.25) is 0 Å². The molecule has 17 heavy (non-hydrogen) atoms. The minimum Gasteiger partial charge on any atom is -0.374 e. The average Bonchev–Trinajstić information content (AvgIpc) is 2.37. The summed E-state index contributed by atoms with van der Waals surface area (Å²) < 4.78 is 6.09. The quantitative estimate of drug-likeness (QED) is 0.408. The lowest BCUT2D eigenvalue weighted by Gasteiger charge is -2.43. The first kappa shape index (κ1) is 14.7. The van der Waals surface area contributed by atoms with Gasteiger partial charge in [0.1, 0.15) is 0 Å². The first-order valence-electron chi connectivity index (χ1n) is 6.95. The molecule has 1 saturated carbocycles. The van der Waals surface area contributed by atoms with Gasteiger partial charge >= 0.3 is 0 Å². The minimum absolute atomic E-state index is 0.0696. The lowest BCUT2D eigenvalue weighted by atomic mass is 9.77. The highest BCUT2D eigenvalue weighted by molar-refractivity contribution is 5.04. The topological polar surface area (TPSA) is 47.3 Å². The molecule has 1 rings (SSSR count). The van der Waals surface area contributed by atoms with E-state index in [9.17, 15) is 0 Å². The van der Waals surface area contributed by atoms with Crippen LogP contribution in [-0.4, -0.2) is 18.2 Å². The number of nitrogens with one attached hydrogen (secondary N) is 1. The predicted molar refractivity (Wildman–Crippen MR) is 72.6 cm³/mol. The third kappa shape index (κ3) is 3.80. The number of rotatable bonds is 7. The molecule has 0 aliphatic heterocycles. The van der Waals surface area contributed by atoms with Crippen LogP contribution >= 0.6 is 0 Å². The van der Waals surface area contributed by atoms with Crippen LogP contribution < -0.4 is 11.3 Å². The molecule has 0 saturated heterocycles. The van der Waals surface area contributed by atoms with Crippen molar-refractivity contribution in [3.63, 3.8) is 0 Å². The minimum atomic E-state index is -0.0696. The molecule has 100 valence electrons. The predicted octanol–water partition coefficient (Wildman–Crippen LogP) is 2.91. The summed E-state index contributed by atoms with van der Waals surface area (Å²) in [6.45, 7) is 9.07. The van der Waals surface area contributed by atoms with Gasteiger partial charge in [0.05, 0.1) is 11.6 Å². The fraction of sp³-hybridized carbons (Fsp3) is 0.857. The number of ether oxygens (including phenoxy) is 1. The molecule has 3 N–H and O–H groups in total. The van der Waals surface area contributed by atoms with Crippen molar-refractivity contribution in [1.82, 2.24) is 5.43 Å². The van der Waals surface area contributed by atoms with Crippen molar-refractivity contribution in [3.05, 3.63) is 12.2 Å². The van der Waals surface area contributed by atoms with Crippen molar-refractivity contribution in [2.45, 2.75) is 70.4 Å². The van der Waals surface area contributed by atoms with Gasteiger partial charge in [0, 0.05) is 6.61 Å². The summed E-state index contributed by atoms with van der Waals surface area (Å²) in [5.74, 6) is 5.75. The standard InChI is InChI=1S/C14H28N2O/c1-4-12(3)11-13(16-15)14(17-5-2)9-7-6-8-10-14/h13,16H,3-11,15H2,1-2H3. The van der Waals surface area contributed by atoms with Gasteiger partial charge in [-0.25, -0.2) is 0 Å². The monoisotopic (exact) mass is 240 g/mol. The number of nitrogens with two attached hydrogens (primary N) is 1. The summed E-state index contributed by atoms with van der Waals surface area (Å²) in [7, 11) is 0. The van der Waals surface area contributed by atoms with E-state index in [1.54, 1.807) is 0 Å². The van der Waals surface area contributed by atoms with Gasteiger partial charge in [-0.2, -0.15) is 0 Å². The van der Waals surface area contributed by atoms with Crippen LogP contribution in [-0.2, 0) is 4.74 Å². The van der Waals surface area contributed by atoms with Gasteiger partial charge in [-0.15, -0.1) is 0 Å². The van der Waals surface area contributed by atoms with E-state index in [-0.39, 0.29) is 11.6 Å². The van der Waals surface area contributed by atoms with E-state index >= 15 is 0 Å². The molecule has 0 aromatic carbocycles. The van der Waals surface area contributed by atoms with Gasteiger partial charge in [0.15, 0.2) is 0 Å². The van der Waals surface area contributed by atoms with Gasteiger partial charge in [0.25, 0.3) is 0 Å². The molecule has 0 heterocycles. The lowest BCUT2D eigenvalue weighted by Crippen LogP contribution is -2.56. The van der Waals surface area contributed by atoms with Crippen LogP contribution in [0.2, 0.25) is 0 Å². The molecule has 1 fully saturated rings. The summed E-state index contributed by atoms with van der Waals surface area (Å²) >= 11 is 0. The van der Waals surface area contributed by atoms with Crippen molar-refractivity contribution < 1.29 is 4.74 Å². The Morgan fingerprint density at radius 3 is 2.47 bits per heavy atom. The molecule has 0 aromatic heterocycles. The molecule has 0 radical (unpaired) electrons. The Labute approximate surface area is 106 Å². The Bertz CT molecular complexity index is 229. The van der Waals surface area contributed by atoms with Crippen LogP contribution in [0.25, 0.3) is 0 Å². The third-order valence-corrected chi connectivity index (χ3v) is 3.96. The van der Waals surface area contributed by atoms with Gasteiger partial charge in [-0.3, -0.25) is 11.3 Å². The lowest BCUT2D eigenvalue weighted by molar-refractivity contribution is -0.0898. The van der Waals surface area contributed by atoms with Gasteiger partial charge in [-0.05, 0) is 32.6 Å². The number of hydrogen-bond acceptors (Lipinski definition) is 3. The molecule has 3 heteroatoms. The number of hydrogen-bond donors (Lipinski definition) is 2. The molecule has 3 nitrogen and oxygen atoms in total. The van der Waals surface area contributed by atoms with E-state index in [1.165, 1.54) is 24.8 Å². The Hall–Kier alpha value is -0.380. The molecule has 0 amide bonds. The molecule has 1 unspecified atom stereocenters. The van der Waals surface area contributed by atoms with Crippen LogP contribution in [0.3, 0.4) is 0 Å². The van der Waals surface area contributed by atoms with E-state index in [2.05, 4.69) is 25.9 Å². The van der Waals surface area contributed by atoms with E-state index in [4.69, 9.17) is 10.6 Å². The zero-order valence-corrected chi connectivity index (χ0v) is 11.4. The summed E-state index contributed by atoms with van der Waals surface area (Å²) in [6.07, 6.45) is 7.99. The normalized spacial score (nSPS) is 21.1. The van der Waals surface area contributed by atoms with Gasteiger partial charge < -0.3 is 4.74 Å². The summed E-state index contributed by atoms with van der Waals surface area (Å²) in [5, 5.41) is 0. The fourth-order valence-corrected chi connectivity index (χ4v) is 2.86. The van der Waals surface area contributed by atoms with E-state index < -0.39 is 0 Å².